The summed E-state index contributed by atoms with van der Waals surface area (Å²) in [6.07, 6.45) is 0.187. The van der Waals surface area contributed by atoms with E-state index in [1.165, 1.54) is 23.5 Å². The molecule has 0 aliphatic carbocycles. The Morgan fingerprint density at radius 3 is 2.50 bits per heavy atom. The average Bonchev–Trinajstić information content (AvgIpc) is 2.79. The molecule has 0 amide bonds. The number of rotatable bonds is 5. The van der Waals surface area contributed by atoms with Gasteiger partial charge in [0, 0.05) is 10.4 Å². The Morgan fingerprint density at radius 2 is 1.95 bits per heavy atom. The maximum atomic E-state index is 11.5. The Bertz CT molecular complexity index is 780. The number of hydrogen-bond acceptors (Lipinski definition) is 6. The van der Waals surface area contributed by atoms with Crippen LogP contribution < -0.4 is 5.14 Å². The van der Waals surface area contributed by atoms with Gasteiger partial charge in [-0.15, -0.1) is 11.3 Å². The molecular formula is C14H16N2O4S2. The lowest BCUT2D eigenvalue weighted by Gasteiger charge is -2.00. The molecule has 0 fully saturated rings. The van der Waals surface area contributed by atoms with Gasteiger partial charge in [0.05, 0.1) is 23.6 Å². The molecule has 0 aliphatic heterocycles. The normalized spacial score (nSPS) is 11.4. The molecule has 1 aromatic heterocycles. The van der Waals surface area contributed by atoms with Crippen LogP contribution in [-0.2, 0) is 26.0 Å². The number of sulfonamides is 1. The van der Waals surface area contributed by atoms with Crippen LogP contribution in [0.4, 0.5) is 0 Å². The van der Waals surface area contributed by atoms with Gasteiger partial charge in [0.2, 0.25) is 10.0 Å². The minimum atomic E-state index is -3.71. The maximum absolute atomic E-state index is 11.5. The molecule has 1 aromatic carbocycles. The summed E-state index contributed by atoms with van der Waals surface area (Å²) >= 11 is 1.39. The molecule has 0 atom stereocenters. The average molecular weight is 340 g/mol. The highest BCUT2D eigenvalue weighted by molar-refractivity contribution is 7.89. The third-order valence-corrected chi connectivity index (χ3v) is 5.07. The summed E-state index contributed by atoms with van der Waals surface area (Å²) < 4.78 is 27.4. The first-order chi connectivity index (χ1) is 10.3. The monoisotopic (exact) mass is 340 g/mol. The number of aryl methyl sites for hydroxylation is 1. The second-order valence-corrected chi connectivity index (χ2v) is 7.22. The van der Waals surface area contributed by atoms with E-state index in [1.807, 2.05) is 6.92 Å². The van der Waals surface area contributed by atoms with Crippen molar-refractivity contribution in [3.05, 3.63) is 34.8 Å². The molecule has 0 radical (unpaired) electrons. The zero-order valence-corrected chi connectivity index (χ0v) is 13.8. The van der Waals surface area contributed by atoms with Crippen molar-refractivity contribution in [2.75, 3.05) is 6.61 Å². The lowest BCUT2D eigenvalue weighted by atomic mass is 10.2. The fraction of sp³-hybridized carbons (Fsp3) is 0.286. The smallest absolute Gasteiger partial charge is 0.311 e. The molecule has 0 bridgehead atoms. The van der Waals surface area contributed by atoms with Crippen molar-refractivity contribution in [1.82, 2.24) is 4.98 Å². The molecule has 0 aliphatic rings. The molecule has 0 unspecified atom stereocenters. The molecule has 118 valence electrons. The number of nitrogens with two attached hydrogens (primary N) is 1. The highest BCUT2D eigenvalue weighted by atomic mass is 32.2. The van der Waals surface area contributed by atoms with Gasteiger partial charge in [-0.05, 0) is 26.0 Å². The van der Waals surface area contributed by atoms with E-state index in [0.717, 1.165) is 21.1 Å². The van der Waals surface area contributed by atoms with Crippen molar-refractivity contribution >= 4 is 27.3 Å². The molecule has 2 aromatic rings. The van der Waals surface area contributed by atoms with E-state index in [1.54, 1.807) is 19.1 Å². The number of benzene rings is 1. The summed E-state index contributed by atoms with van der Waals surface area (Å²) in [6.45, 7) is 3.93. The highest BCUT2D eigenvalue weighted by Gasteiger charge is 2.14. The van der Waals surface area contributed by atoms with Gasteiger partial charge in [-0.1, -0.05) is 12.1 Å². The Kier molecular flexibility index (Phi) is 4.94. The van der Waals surface area contributed by atoms with Gasteiger partial charge in [0.15, 0.2) is 0 Å². The van der Waals surface area contributed by atoms with Crippen LogP contribution in [0.25, 0.3) is 10.6 Å². The van der Waals surface area contributed by atoms with Crippen LogP contribution in [-0.4, -0.2) is 26.0 Å². The largest absolute Gasteiger partial charge is 0.466 e. The predicted octanol–water partition coefficient (Wildman–Crippen LogP) is 1.87. The second kappa shape index (κ2) is 6.55. The third kappa shape index (κ3) is 3.90. The minimum Gasteiger partial charge on any atom is -0.466 e. The van der Waals surface area contributed by atoms with Crippen molar-refractivity contribution in [3.8, 4) is 10.6 Å². The number of carbonyl (C=O) groups excluding carboxylic acids is 1. The zero-order chi connectivity index (χ0) is 16.3. The topological polar surface area (TPSA) is 99.4 Å². The molecule has 0 spiro atoms. The summed E-state index contributed by atoms with van der Waals surface area (Å²) in [5.41, 5.74) is 1.54. The first-order valence-corrected chi connectivity index (χ1v) is 8.92. The molecule has 8 heteroatoms. The molecule has 2 N–H and O–H groups in total. The van der Waals surface area contributed by atoms with Gasteiger partial charge >= 0.3 is 5.97 Å². The number of thiazole rings is 1. The molecular weight excluding hydrogens is 324 g/mol. The first-order valence-electron chi connectivity index (χ1n) is 6.56. The Morgan fingerprint density at radius 1 is 1.32 bits per heavy atom. The van der Waals surface area contributed by atoms with Crippen LogP contribution in [0.1, 0.15) is 17.5 Å². The number of primary sulfonamides is 1. The fourth-order valence-electron chi connectivity index (χ4n) is 1.85. The Labute approximate surface area is 133 Å². The van der Waals surface area contributed by atoms with E-state index >= 15 is 0 Å². The number of carbonyl (C=O) groups is 1. The van der Waals surface area contributed by atoms with Crippen LogP contribution in [0.5, 0.6) is 0 Å². The standard InChI is InChI=1S/C14H16N2O4S2/c1-3-20-13(17)8-12-9(2)16-14(21-12)10-4-6-11(7-5-10)22(15,18)19/h4-7H,3,8H2,1-2H3,(H2,15,18,19). The van der Waals surface area contributed by atoms with Gasteiger partial charge in [-0.25, -0.2) is 18.5 Å². The number of nitrogens with zero attached hydrogens (tertiary/aromatic N) is 1. The van der Waals surface area contributed by atoms with Gasteiger partial charge in [0.25, 0.3) is 0 Å². The van der Waals surface area contributed by atoms with E-state index in [4.69, 9.17) is 9.88 Å². The number of esters is 1. The number of hydrogen-bond donors (Lipinski definition) is 1. The maximum Gasteiger partial charge on any atom is 0.311 e. The molecule has 1 heterocycles. The molecule has 0 saturated heterocycles. The van der Waals surface area contributed by atoms with Crippen LogP contribution in [0.15, 0.2) is 29.2 Å². The first kappa shape index (κ1) is 16.6. The highest BCUT2D eigenvalue weighted by Crippen LogP contribution is 2.29. The lowest BCUT2D eigenvalue weighted by Crippen LogP contribution is -2.11. The summed E-state index contributed by atoms with van der Waals surface area (Å²) in [7, 11) is -3.71. The van der Waals surface area contributed by atoms with Gasteiger partial charge < -0.3 is 4.74 Å². The molecule has 0 saturated carbocycles. The SMILES string of the molecule is CCOC(=O)Cc1sc(-c2ccc(S(N)(=O)=O)cc2)nc1C. The van der Waals surface area contributed by atoms with Crippen LogP contribution in [0.3, 0.4) is 0 Å². The van der Waals surface area contributed by atoms with Crippen molar-refractivity contribution in [2.45, 2.75) is 25.2 Å². The van der Waals surface area contributed by atoms with Crippen molar-refractivity contribution < 1.29 is 17.9 Å². The summed E-state index contributed by atoms with van der Waals surface area (Å²) in [6, 6.07) is 6.16. The van der Waals surface area contributed by atoms with Crippen molar-refractivity contribution in [2.24, 2.45) is 5.14 Å². The van der Waals surface area contributed by atoms with E-state index in [-0.39, 0.29) is 17.3 Å². The second-order valence-electron chi connectivity index (χ2n) is 4.58. The van der Waals surface area contributed by atoms with Crippen molar-refractivity contribution in [3.63, 3.8) is 0 Å². The van der Waals surface area contributed by atoms with Crippen LogP contribution in [0.2, 0.25) is 0 Å². The Balaban J connectivity index is 2.25. The number of aromatic nitrogens is 1. The summed E-state index contributed by atoms with van der Waals surface area (Å²) in [5, 5.41) is 5.79. The fourth-order valence-corrected chi connectivity index (χ4v) is 3.41. The van der Waals surface area contributed by atoms with Gasteiger partial charge in [-0.2, -0.15) is 0 Å². The number of ether oxygens (including phenoxy) is 1. The van der Waals surface area contributed by atoms with Crippen LogP contribution >= 0.6 is 11.3 Å². The van der Waals surface area contributed by atoms with E-state index in [9.17, 15) is 13.2 Å². The zero-order valence-electron chi connectivity index (χ0n) is 12.2. The third-order valence-electron chi connectivity index (χ3n) is 2.93. The van der Waals surface area contributed by atoms with Crippen molar-refractivity contribution in [1.29, 1.82) is 0 Å². The van der Waals surface area contributed by atoms with Gasteiger partial charge in [0.1, 0.15) is 5.01 Å². The van der Waals surface area contributed by atoms with E-state index in [0.29, 0.717) is 6.61 Å². The summed E-state index contributed by atoms with van der Waals surface area (Å²) in [5.74, 6) is -0.287. The van der Waals surface area contributed by atoms with Gasteiger partial charge in [-0.3, -0.25) is 4.79 Å². The minimum absolute atomic E-state index is 0.0521. The van der Waals surface area contributed by atoms with E-state index < -0.39 is 10.0 Å². The van der Waals surface area contributed by atoms with Crippen LogP contribution in [0, 0.1) is 6.92 Å². The quantitative estimate of drug-likeness (QED) is 0.838. The molecule has 6 nitrogen and oxygen atoms in total. The summed E-state index contributed by atoms with van der Waals surface area (Å²) in [4.78, 5) is 16.8. The lowest BCUT2D eigenvalue weighted by molar-refractivity contribution is -0.142. The van der Waals surface area contributed by atoms with E-state index in [2.05, 4.69) is 4.98 Å². The Hall–Kier alpha value is -1.77. The predicted molar refractivity (Wildman–Crippen MR) is 84.0 cm³/mol. The molecule has 2 rings (SSSR count). The molecule has 22 heavy (non-hydrogen) atoms.